The Bertz CT molecular complexity index is 155. The third kappa shape index (κ3) is 11.0. The lowest BCUT2D eigenvalue weighted by atomic mass is 10.1. The monoisotopic (exact) mass is 185 g/mol. The average Bonchev–Trinajstić information content (AvgIpc) is 2.09. The topological polar surface area (TPSA) is 49.3 Å². The molecule has 0 aliphatic carbocycles. The molecule has 76 valence electrons. The molecule has 0 heterocycles. The smallest absolute Gasteiger partial charge is 0.322 e. The van der Waals surface area contributed by atoms with Crippen molar-refractivity contribution >= 4 is 5.97 Å². The maximum Gasteiger partial charge on any atom is 0.322 e. The van der Waals surface area contributed by atoms with Gasteiger partial charge in [-0.25, -0.2) is 0 Å². The number of hydrogen-bond acceptors (Lipinski definition) is 2. The van der Waals surface area contributed by atoms with Gasteiger partial charge in [-0.1, -0.05) is 32.3 Å². The van der Waals surface area contributed by atoms with Gasteiger partial charge in [0.05, 0.1) is 0 Å². The molecule has 0 amide bonds. The van der Waals surface area contributed by atoms with Gasteiger partial charge in [-0.3, -0.25) is 4.79 Å². The highest BCUT2D eigenvalue weighted by molar-refractivity contribution is 5.69. The number of carboxylic acid groups (broad SMARTS) is 1. The third-order valence-corrected chi connectivity index (χ3v) is 1.71. The Balaban J connectivity index is 3.08. The minimum atomic E-state index is -0.823. The fourth-order valence-electron chi connectivity index (χ4n) is 1.00. The van der Waals surface area contributed by atoms with Crippen molar-refractivity contribution < 1.29 is 9.90 Å². The first-order chi connectivity index (χ1) is 6.27. The van der Waals surface area contributed by atoms with Gasteiger partial charge in [-0.05, 0) is 19.0 Å². The standard InChI is InChI=1S/C10H19NO2/c1-2-3-4-5-6-7-8-11-9-10(12)13/h7-8,11H,2-6,9H2,1H3,(H,12,13). The lowest BCUT2D eigenvalue weighted by Crippen LogP contribution is -2.16. The van der Waals surface area contributed by atoms with E-state index in [1.165, 1.54) is 25.7 Å². The first kappa shape index (κ1) is 12.0. The zero-order valence-corrected chi connectivity index (χ0v) is 8.25. The lowest BCUT2D eigenvalue weighted by Gasteiger charge is -1.95. The SMILES string of the molecule is CCCCCCC=CNCC(=O)O. The van der Waals surface area contributed by atoms with E-state index in [9.17, 15) is 4.79 Å². The summed E-state index contributed by atoms with van der Waals surface area (Å²) in [5, 5.41) is 11.0. The molecule has 0 aromatic heterocycles. The lowest BCUT2D eigenvalue weighted by molar-refractivity contribution is -0.135. The maximum atomic E-state index is 10.1. The molecule has 0 unspecified atom stereocenters. The molecule has 0 rings (SSSR count). The molecule has 0 atom stereocenters. The largest absolute Gasteiger partial charge is 0.480 e. The van der Waals surface area contributed by atoms with Crippen LogP contribution in [0.2, 0.25) is 0 Å². The molecule has 13 heavy (non-hydrogen) atoms. The molecule has 0 spiro atoms. The third-order valence-electron chi connectivity index (χ3n) is 1.71. The van der Waals surface area contributed by atoms with Gasteiger partial charge in [0.25, 0.3) is 0 Å². The van der Waals surface area contributed by atoms with E-state index >= 15 is 0 Å². The number of hydrogen-bond donors (Lipinski definition) is 2. The van der Waals surface area contributed by atoms with E-state index < -0.39 is 5.97 Å². The minimum absolute atomic E-state index is 0.00542. The normalized spacial score (nSPS) is 10.5. The molecule has 0 bridgehead atoms. The van der Waals surface area contributed by atoms with E-state index in [0.717, 1.165) is 6.42 Å². The van der Waals surface area contributed by atoms with Crippen LogP contribution < -0.4 is 5.32 Å². The van der Waals surface area contributed by atoms with Gasteiger partial charge in [-0.2, -0.15) is 0 Å². The first-order valence-electron chi connectivity index (χ1n) is 4.87. The summed E-state index contributed by atoms with van der Waals surface area (Å²) in [4.78, 5) is 10.1. The number of unbranched alkanes of at least 4 members (excludes halogenated alkanes) is 4. The Morgan fingerprint density at radius 2 is 2.15 bits per heavy atom. The Labute approximate surface area is 79.8 Å². The summed E-state index contributed by atoms with van der Waals surface area (Å²) in [6, 6.07) is 0. The van der Waals surface area contributed by atoms with Crippen molar-refractivity contribution in [2.24, 2.45) is 0 Å². The quantitative estimate of drug-likeness (QED) is 0.570. The second-order valence-corrected chi connectivity index (χ2v) is 3.03. The van der Waals surface area contributed by atoms with Gasteiger partial charge in [0.15, 0.2) is 0 Å². The van der Waals surface area contributed by atoms with Gasteiger partial charge in [-0.15, -0.1) is 0 Å². The van der Waals surface area contributed by atoms with Crippen LogP contribution in [-0.2, 0) is 4.79 Å². The minimum Gasteiger partial charge on any atom is -0.480 e. The average molecular weight is 185 g/mol. The number of carboxylic acids is 1. The number of rotatable bonds is 8. The van der Waals surface area contributed by atoms with E-state index in [0.29, 0.717) is 0 Å². The Hall–Kier alpha value is -0.990. The van der Waals surface area contributed by atoms with Gasteiger partial charge >= 0.3 is 5.97 Å². The second-order valence-electron chi connectivity index (χ2n) is 3.03. The van der Waals surface area contributed by atoms with Crippen LogP contribution in [0.15, 0.2) is 12.3 Å². The molecule has 0 aromatic carbocycles. The Kier molecular flexibility index (Phi) is 8.41. The van der Waals surface area contributed by atoms with Crippen LogP contribution in [0, 0.1) is 0 Å². The molecular formula is C10H19NO2. The van der Waals surface area contributed by atoms with Gasteiger partial charge < -0.3 is 10.4 Å². The van der Waals surface area contributed by atoms with Gasteiger partial charge in [0.1, 0.15) is 6.54 Å². The van der Waals surface area contributed by atoms with Crippen molar-refractivity contribution in [3.8, 4) is 0 Å². The van der Waals surface area contributed by atoms with Crippen molar-refractivity contribution in [1.82, 2.24) is 5.32 Å². The van der Waals surface area contributed by atoms with E-state index in [1.807, 2.05) is 6.08 Å². The highest BCUT2D eigenvalue weighted by Crippen LogP contribution is 2.02. The van der Waals surface area contributed by atoms with Gasteiger partial charge in [0.2, 0.25) is 0 Å². The van der Waals surface area contributed by atoms with E-state index in [4.69, 9.17) is 5.11 Å². The van der Waals surface area contributed by atoms with Crippen molar-refractivity contribution in [3.63, 3.8) is 0 Å². The number of aliphatic carboxylic acids is 1. The van der Waals surface area contributed by atoms with Crippen molar-refractivity contribution in [1.29, 1.82) is 0 Å². The van der Waals surface area contributed by atoms with Crippen LogP contribution in [0.5, 0.6) is 0 Å². The van der Waals surface area contributed by atoms with Crippen LogP contribution in [0.4, 0.5) is 0 Å². The second kappa shape index (κ2) is 9.10. The summed E-state index contributed by atoms with van der Waals surface area (Å²) < 4.78 is 0. The van der Waals surface area contributed by atoms with E-state index in [2.05, 4.69) is 12.2 Å². The number of carbonyl (C=O) groups is 1. The molecule has 0 aliphatic rings. The molecule has 0 saturated carbocycles. The van der Waals surface area contributed by atoms with Crippen LogP contribution in [0.3, 0.4) is 0 Å². The molecule has 0 fully saturated rings. The predicted molar refractivity (Wildman–Crippen MR) is 53.5 cm³/mol. The summed E-state index contributed by atoms with van der Waals surface area (Å²) in [7, 11) is 0. The zero-order chi connectivity index (χ0) is 9.94. The van der Waals surface area contributed by atoms with E-state index in [-0.39, 0.29) is 6.54 Å². The van der Waals surface area contributed by atoms with E-state index in [1.54, 1.807) is 6.20 Å². The Morgan fingerprint density at radius 1 is 1.38 bits per heavy atom. The fraction of sp³-hybridized carbons (Fsp3) is 0.700. The highest BCUT2D eigenvalue weighted by Gasteiger charge is 1.89. The molecule has 3 nitrogen and oxygen atoms in total. The maximum absolute atomic E-state index is 10.1. The Morgan fingerprint density at radius 3 is 2.77 bits per heavy atom. The summed E-state index contributed by atoms with van der Waals surface area (Å²) >= 11 is 0. The van der Waals surface area contributed by atoms with Gasteiger partial charge in [0, 0.05) is 0 Å². The fourth-order valence-corrected chi connectivity index (χ4v) is 1.00. The molecule has 3 heteroatoms. The summed E-state index contributed by atoms with van der Waals surface area (Å²) in [5.74, 6) is -0.823. The molecule has 2 N–H and O–H groups in total. The van der Waals surface area contributed by atoms with Crippen LogP contribution in [0.1, 0.15) is 39.0 Å². The van der Waals surface area contributed by atoms with Crippen molar-refractivity contribution in [2.45, 2.75) is 39.0 Å². The van der Waals surface area contributed by atoms with Crippen LogP contribution in [0.25, 0.3) is 0 Å². The molecule has 0 radical (unpaired) electrons. The van der Waals surface area contributed by atoms with Crippen molar-refractivity contribution in [3.05, 3.63) is 12.3 Å². The molecular weight excluding hydrogens is 166 g/mol. The zero-order valence-electron chi connectivity index (χ0n) is 8.25. The van der Waals surface area contributed by atoms with Crippen LogP contribution >= 0.6 is 0 Å². The van der Waals surface area contributed by atoms with Crippen molar-refractivity contribution in [2.75, 3.05) is 6.54 Å². The summed E-state index contributed by atoms with van der Waals surface area (Å²) in [5.41, 5.74) is 0. The number of allylic oxidation sites excluding steroid dienone is 1. The summed E-state index contributed by atoms with van der Waals surface area (Å²) in [6.45, 7) is 2.19. The number of nitrogens with one attached hydrogen (secondary N) is 1. The highest BCUT2D eigenvalue weighted by atomic mass is 16.4. The molecule has 0 aliphatic heterocycles. The molecule has 0 aromatic rings. The van der Waals surface area contributed by atoms with Crippen LogP contribution in [-0.4, -0.2) is 17.6 Å². The molecule has 0 saturated heterocycles. The predicted octanol–water partition coefficient (Wildman–Crippen LogP) is 2.14. The first-order valence-corrected chi connectivity index (χ1v) is 4.87. The summed E-state index contributed by atoms with van der Waals surface area (Å²) in [6.07, 6.45) is 9.74.